The summed E-state index contributed by atoms with van der Waals surface area (Å²) in [6.07, 6.45) is 0. The Hall–Kier alpha value is -1.88. The summed E-state index contributed by atoms with van der Waals surface area (Å²) in [4.78, 5) is 8.97. The maximum absolute atomic E-state index is 4.69. The fourth-order valence-corrected chi connectivity index (χ4v) is 3.02. The zero-order valence-electron chi connectivity index (χ0n) is 14.6. The summed E-state index contributed by atoms with van der Waals surface area (Å²) < 4.78 is 0. The highest BCUT2D eigenvalue weighted by Gasteiger charge is 2.17. The van der Waals surface area contributed by atoms with Crippen LogP contribution in [-0.2, 0) is 18.5 Å². The van der Waals surface area contributed by atoms with E-state index in [2.05, 4.69) is 73.0 Å². The molecular weight excluding hydrogens is 304 g/mol. The van der Waals surface area contributed by atoms with Gasteiger partial charge in [0.15, 0.2) is 5.96 Å². The number of nitrogens with one attached hydrogen (secondary N) is 2. The minimum Gasteiger partial charge on any atom is -0.352 e. The highest BCUT2D eigenvalue weighted by Crippen LogP contribution is 2.25. The monoisotopic (exact) mass is 330 g/mol. The molecule has 1 aromatic carbocycles. The van der Waals surface area contributed by atoms with Crippen LogP contribution in [0.2, 0.25) is 0 Å². The summed E-state index contributed by atoms with van der Waals surface area (Å²) in [7, 11) is 1.79. The van der Waals surface area contributed by atoms with Crippen LogP contribution in [0.15, 0.2) is 34.6 Å². The van der Waals surface area contributed by atoms with Gasteiger partial charge in [0.1, 0.15) is 0 Å². The van der Waals surface area contributed by atoms with Crippen molar-refractivity contribution < 1.29 is 0 Å². The lowest BCUT2D eigenvalue weighted by atomic mass is 9.98. The molecular formula is C18H26N4S. The number of guanidine groups is 1. The Labute approximate surface area is 143 Å². The summed E-state index contributed by atoms with van der Waals surface area (Å²) in [6.45, 7) is 10.1. The molecule has 0 bridgehead atoms. The Morgan fingerprint density at radius 1 is 1.17 bits per heavy atom. The van der Waals surface area contributed by atoms with Gasteiger partial charge in [-0.05, 0) is 18.1 Å². The Kier molecular flexibility index (Phi) is 5.77. The van der Waals surface area contributed by atoms with Crippen molar-refractivity contribution in [3.63, 3.8) is 0 Å². The number of aryl methyl sites for hydroxylation is 1. The number of hydrogen-bond donors (Lipinski definition) is 2. The third-order valence-electron chi connectivity index (χ3n) is 3.56. The molecule has 0 fully saturated rings. The van der Waals surface area contributed by atoms with Crippen LogP contribution < -0.4 is 10.6 Å². The van der Waals surface area contributed by atoms with Crippen LogP contribution in [0.25, 0.3) is 0 Å². The van der Waals surface area contributed by atoms with Crippen LogP contribution in [0.3, 0.4) is 0 Å². The second kappa shape index (κ2) is 7.59. The molecule has 0 aliphatic rings. The van der Waals surface area contributed by atoms with Gasteiger partial charge in [-0.1, -0.05) is 45.0 Å². The first-order valence-corrected chi connectivity index (χ1v) is 8.72. The molecule has 0 atom stereocenters. The zero-order chi connectivity index (χ0) is 16.9. The van der Waals surface area contributed by atoms with Crippen molar-refractivity contribution in [2.75, 3.05) is 7.05 Å². The third kappa shape index (κ3) is 5.06. The SMILES string of the molecule is CN=C(NCc1csc(C(C)(C)C)n1)NCc1ccccc1C. The molecule has 2 rings (SSSR count). The van der Waals surface area contributed by atoms with E-state index in [4.69, 9.17) is 4.98 Å². The smallest absolute Gasteiger partial charge is 0.191 e. The fraction of sp³-hybridized carbons (Fsp3) is 0.444. The molecule has 2 N–H and O–H groups in total. The van der Waals surface area contributed by atoms with Crippen LogP contribution in [0.5, 0.6) is 0 Å². The number of thiazole rings is 1. The average molecular weight is 331 g/mol. The second-order valence-corrected chi connectivity index (χ2v) is 7.46. The van der Waals surface area contributed by atoms with Gasteiger partial charge in [-0.3, -0.25) is 4.99 Å². The predicted octanol–water partition coefficient (Wildman–Crippen LogP) is 3.61. The Morgan fingerprint density at radius 2 is 1.87 bits per heavy atom. The van der Waals surface area contributed by atoms with Crippen molar-refractivity contribution in [3.8, 4) is 0 Å². The minimum absolute atomic E-state index is 0.105. The van der Waals surface area contributed by atoms with Gasteiger partial charge in [0.2, 0.25) is 0 Å². The first-order valence-electron chi connectivity index (χ1n) is 7.84. The first-order chi connectivity index (χ1) is 10.9. The molecule has 0 radical (unpaired) electrons. The van der Waals surface area contributed by atoms with Crippen molar-refractivity contribution in [3.05, 3.63) is 51.5 Å². The van der Waals surface area contributed by atoms with Crippen LogP contribution >= 0.6 is 11.3 Å². The predicted molar refractivity (Wildman–Crippen MR) is 99.0 cm³/mol. The van der Waals surface area contributed by atoms with E-state index >= 15 is 0 Å². The van der Waals surface area contributed by atoms with Crippen molar-refractivity contribution in [2.24, 2.45) is 4.99 Å². The van der Waals surface area contributed by atoms with E-state index in [1.165, 1.54) is 11.1 Å². The fourth-order valence-electron chi connectivity index (χ4n) is 2.11. The molecule has 23 heavy (non-hydrogen) atoms. The molecule has 2 aromatic rings. The van der Waals surface area contributed by atoms with Crippen LogP contribution in [0.4, 0.5) is 0 Å². The molecule has 0 aliphatic carbocycles. The lowest BCUT2D eigenvalue weighted by Gasteiger charge is -2.14. The lowest BCUT2D eigenvalue weighted by molar-refractivity contribution is 0.582. The van der Waals surface area contributed by atoms with E-state index in [1.54, 1.807) is 18.4 Å². The molecule has 5 heteroatoms. The number of benzene rings is 1. The minimum atomic E-state index is 0.105. The van der Waals surface area contributed by atoms with Crippen molar-refractivity contribution >= 4 is 17.3 Å². The molecule has 0 spiro atoms. The van der Waals surface area contributed by atoms with E-state index in [0.717, 1.165) is 23.2 Å². The zero-order valence-corrected chi connectivity index (χ0v) is 15.4. The number of aliphatic imine (C=N–C) groups is 1. The van der Waals surface area contributed by atoms with Gasteiger partial charge in [0.25, 0.3) is 0 Å². The Bertz CT molecular complexity index is 668. The topological polar surface area (TPSA) is 49.3 Å². The molecule has 0 unspecified atom stereocenters. The molecule has 1 aromatic heterocycles. The van der Waals surface area contributed by atoms with Crippen molar-refractivity contribution in [1.82, 2.24) is 15.6 Å². The molecule has 0 amide bonds. The number of nitrogens with zero attached hydrogens (tertiary/aromatic N) is 2. The third-order valence-corrected chi connectivity index (χ3v) is 4.88. The van der Waals surface area contributed by atoms with Crippen molar-refractivity contribution in [2.45, 2.75) is 46.2 Å². The van der Waals surface area contributed by atoms with Gasteiger partial charge >= 0.3 is 0 Å². The maximum atomic E-state index is 4.69. The quantitative estimate of drug-likeness (QED) is 0.665. The van der Waals surface area contributed by atoms with Gasteiger partial charge in [0.05, 0.1) is 17.2 Å². The maximum Gasteiger partial charge on any atom is 0.191 e. The second-order valence-electron chi connectivity index (χ2n) is 6.60. The normalized spacial score (nSPS) is 12.3. The summed E-state index contributed by atoms with van der Waals surface area (Å²) in [6, 6.07) is 8.37. The molecule has 4 nitrogen and oxygen atoms in total. The molecule has 0 saturated heterocycles. The van der Waals surface area contributed by atoms with E-state index in [-0.39, 0.29) is 5.41 Å². The van der Waals surface area contributed by atoms with E-state index in [9.17, 15) is 0 Å². The highest BCUT2D eigenvalue weighted by molar-refractivity contribution is 7.09. The summed E-state index contributed by atoms with van der Waals surface area (Å²) >= 11 is 1.72. The van der Waals surface area contributed by atoms with Crippen molar-refractivity contribution in [1.29, 1.82) is 0 Å². The summed E-state index contributed by atoms with van der Waals surface area (Å²) in [5.41, 5.74) is 3.72. The van der Waals surface area contributed by atoms with Gasteiger partial charge in [0, 0.05) is 24.4 Å². The van der Waals surface area contributed by atoms with Crippen LogP contribution in [-0.4, -0.2) is 18.0 Å². The molecule has 0 saturated carbocycles. The van der Waals surface area contributed by atoms with Crippen LogP contribution in [0.1, 0.15) is 42.6 Å². The van der Waals surface area contributed by atoms with E-state index < -0.39 is 0 Å². The largest absolute Gasteiger partial charge is 0.352 e. The number of hydrogen-bond acceptors (Lipinski definition) is 3. The van der Waals surface area contributed by atoms with Gasteiger partial charge < -0.3 is 10.6 Å². The Balaban J connectivity index is 1.88. The molecule has 124 valence electrons. The van der Waals surface area contributed by atoms with Crippen LogP contribution in [0, 0.1) is 6.92 Å². The van der Waals surface area contributed by atoms with Gasteiger partial charge in [-0.25, -0.2) is 4.98 Å². The van der Waals surface area contributed by atoms with E-state index in [1.807, 2.05) is 0 Å². The lowest BCUT2D eigenvalue weighted by Crippen LogP contribution is -2.36. The first kappa shape index (κ1) is 17.5. The van der Waals surface area contributed by atoms with Gasteiger partial charge in [-0.2, -0.15) is 0 Å². The molecule has 0 aliphatic heterocycles. The summed E-state index contributed by atoms with van der Waals surface area (Å²) in [5, 5.41) is 9.95. The molecule has 1 heterocycles. The standard InChI is InChI=1S/C18H26N4S/c1-13-8-6-7-9-14(13)10-20-17(19-5)21-11-15-12-23-16(22-15)18(2,3)4/h6-9,12H,10-11H2,1-5H3,(H2,19,20,21). The highest BCUT2D eigenvalue weighted by atomic mass is 32.1. The summed E-state index contributed by atoms with van der Waals surface area (Å²) in [5.74, 6) is 0.790. The van der Waals surface area contributed by atoms with E-state index in [0.29, 0.717) is 6.54 Å². The number of aromatic nitrogens is 1. The Morgan fingerprint density at radius 3 is 2.48 bits per heavy atom. The number of rotatable bonds is 4. The average Bonchev–Trinajstić information content (AvgIpc) is 2.98. The van der Waals surface area contributed by atoms with Gasteiger partial charge in [-0.15, -0.1) is 11.3 Å².